The van der Waals surface area contributed by atoms with Crippen molar-refractivity contribution in [2.45, 2.75) is 18.2 Å². The molecule has 0 saturated heterocycles. The van der Waals surface area contributed by atoms with Crippen molar-refractivity contribution in [1.82, 2.24) is 19.1 Å². The summed E-state index contributed by atoms with van der Waals surface area (Å²) >= 11 is 7.88. The summed E-state index contributed by atoms with van der Waals surface area (Å²) in [6, 6.07) is 14.1. The Morgan fingerprint density at radius 3 is 2.70 bits per heavy atom. The second-order valence-electron chi connectivity index (χ2n) is 7.47. The fraction of sp³-hybridized carbons (Fsp3) is 0.130. The van der Waals surface area contributed by atoms with Crippen molar-refractivity contribution in [2.75, 3.05) is 11.1 Å². The molecule has 166 valence electrons. The number of halogens is 1. The van der Waals surface area contributed by atoms with Crippen molar-refractivity contribution >= 4 is 35.0 Å². The number of nitrogens with zero attached hydrogens (tertiary/aromatic N) is 3. The third kappa shape index (κ3) is 4.24. The van der Waals surface area contributed by atoms with E-state index in [4.69, 9.17) is 11.6 Å². The van der Waals surface area contributed by atoms with E-state index in [-0.39, 0.29) is 12.1 Å². The number of carbonyl (C=O) groups excluding carboxylic acids is 1. The molecule has 5 rings (SSSR count). The first-order chi connectivity index (χ1) is 16.0. The first kappa shape index (κ1) is 21.3. The van der Waals surface area contributed by atoms with E-state index in [9.17, 15) is 14.4 Å². The quantitative estimate of drug-likeness (QED) is 0.456. The highest BCUT2D eigenvalue weighted by Gasteiger charge is 2.17. The van der Waals surface area contributed by atoms with Gasteiger partial charge in [0.25, 0.3) is 11.5 Å². The van der Waals surface area contributed by atoms with Gasteiger partial charge < -0.3 is 14.9 Å². The largest absolute Gasteiger partial charge is 0.328 e. The second kappa shape index (κ2) is 8.76. The molecule has 3 heterocycles. The average Bonchev–Trinajstić information content (AvgIpc) is 3.41. The van der Waals surface area contributed by atoms with E-state index in [1.807, 2.05) is 18.3 Å². The summed E-state index contributed by atoms with van der Waals surface area (Å²) < 4.78 is 3.08. The van der Waals surface area contributed by atoms with Crippen molar-refractivity contribution < 1.29 is 4.79 Å². The number of benzene rings is 2. The van der Waals surface area contributed by atoms with Crippen LogP contribution in [-0.4, -0.2) is 30.8 Å². The van der Waals surface area contributed by atoms with Crippen LogP contribution >= 0.6 is 23.4 Å². The van der Waals surface area contributed by atoms with Crippen LogP contribution in [0, 0.1) is 0 Å². The fourth-order valence-corrected chi connectivity index (χ4v) is 4.72. The van der Waals surface area contributed by atoms with Gasteiger partial charge in [-0.2, -0.15) is 0 Å². The molecule has 1 amide bonds. The highest BCUT2D eigenvalue weighted by atomic mass is 35.5. The van der Waals surface area contributed by atoms with Crippen molar-refractivity contribution in [3.05, 3.63) is 97.9 Å². The number of aromatic nitrogens is 4. The summed E-state index contributed by atoms with van der Waals surface area (Å²) in [5, 5.41) is 4.15. The first-order valence-electron chi connectivity index (χ1n) is 10.2. The zero-order valence-corrected chi connectivity index (χ0v) is 18.8. The Labute approximate surface area is 197 Å². The summed E-state index contributed by atoms with van der Waals surface area (Å²) in [5.74, 6) is 0.424. The summed E-state index contributed by atoms with van der Waals surface area (Å²) in [7, 11) is 0. The molecule has 0 radical (unpaired) electrons. The molecule has 4 aromatic rings. The van der Waals surface area contributed by atoms with Crippen molar-refractivity contribution in [2.24, 2.45) is 0 Å². The predicted octanol–water partition coefficient (Wildman–Crippen LogP) is 3.46. The number of hydrogen-bond acceptors (Lipinski definition) is 5. The maximum absolute atomic E-state index is 12.9. The van der Waals surface area contributed by atoms with Gasteiger partial charge >= 0.3 is 5.69 Å². The van der Waals surface area contributed by atoms with Gasteiger partial charge in [-0.15, -0.1) is 0 Å². The number of aryl methyl sites for hydroxylation is 1. The number of thioether (sulfide) groups is 1. The standard InChI is InChI=1S/C23H18ClN5O3S/c24-18-4-2-1-3-15(18)12-29-21(31)17(11-25-22(29)32)20(30)26-16-7-5-14(6-8-16)19-13-28-9-10-33-23(28)27-19/h1-8,11,13H,9-10,12H2,(H,25,32)(H,26,30). The Kier molecular flexibility index (Phi) is 5.65. The lowest BCUT2D eigenvalue weighted by Gasteiger charge is -2.09. The van der Waals surface area contributed by atoms with Crippen molar-refractivity contribution in [3.8, 4) is 11.3 Å². The van der Waals surface area contributed by atoms with Gasteiger partial charge in [-0.3, -0.25) is 14.2 Å². The minimum atomic E-state index is -0.696. The fourth-order valence-electron chi connectivity index (χ4n) is 3.59. The van der Waals surface area contributed by atoms with Crippen LogP contribution in [-0.2, 0) is 13.1 Å². The van der Waals surface area contributed by atoms with Crippen LogP contribution in [0.25, 0.3) is 11.3 Å². The van der Waals surface area contributed by atoms with Crippen molar-refractivity contribution in [1.29, 1.82) is 0 Å². The van der Waals surface area contributed by atoms with Gasteiger partial charge in [0.15, 0.2) is 5.16 Å². The Morgan fingerprint density at radius 1 is 1.15 bits per heavy atom. The number of anilines is 1. The minimum Gasteiger partial charge on any atom is -0.325 e. The Bertz CT molecular complexity index is 1450. The van der Waals surface area contributed by atoms with Gasteiger partial charge in [0.05, 0.1) is 12.2 Å². The number of carbonyl (C=O) groups is 1. The maximum Gasteiger partial charge on any atom is 0.328 e. The molecule has 0 atom stereocenters. The lowest BCUT2D eigenvalue weighted by Crippen LogP contribution is -2.39. The van der Waals surface area contributed by atoms with E-state index in [0.29, 0.717) is 16.3 Å². The first-order valence-corrected chi connectivity index (χ1v) is 11.5. The molecule has 0 saturated carbocycles. The molecule has 1 aliphatic heterocycles. The molecular weight excluding hydrogens is 462 g/mol. The Hall–Kier alpha value is -3.56. The molecule has 2 N–H and O–H groups in total. The van der Waals surface area contributed by atoms with Crippen LogP contribution in [0.5, 0.6) is 0 Å². The van der Waals surface area contributed by atoms with Crippen LogP contribution in [0.4, 0.5) is 5.69 Å². The molecule has 33 heavy (non-hydrogen) atoms. The van der Waals surface area contributed by atoms with Crippen LogP contribution < -0.4 is 16.6 Å². The van der Waals surface area contributed by atoms with Crippen molar-refractivity contribution in [3.63, 3.8) is 0 Å². The van der Waals surface area contributed by atoms with Gasteiger partial charge in [0.2, 0.25) is 0 Å². The van der Waals surface area contributed by atoms with Gasteiger partial charge in [0.1, 0.15) is 5.56 Å². The monoisotopic (exact) mass is 479 g/mol. The molecule has 10 heteroatoms. The maximum atomic E-state index is 12.9. The van der Waals surface area contributed by atoms with E-state index in [1.165, 1.54) is 0 Å². The summed E-state index contributed by atoms with van der Waals surface area (Å²) in [6.45, 7) is 0.908. The molecule has 2 aromatic carbocycles. The highest BCUT2D eigenvalue weighted by molar-refractivity contribution is 7.99. The predicted molar refractivity (Wildman–Crippen MR) is 128 cm³/mol. The molecule has 0 spiro atoms. The minimum absolute atomic E-state index is 0.0451. The van der Waals surface area contributed by atoms with E-state index in [2.05, 4.69) is 19.9 Å². The number of nitrogens with one attached hydrogen (secondary N) is 2. The lowest BCUT2D eigenvalue weighted by atomic mass is 10.1. The molecular formula is C23H18ClN5O3S. The average molecular weight is 480 g/mol. The normalized spacial score (nSPS) is 12.5. The van der Waals surface area contributed by atoms with E-state index < -0.39 is 17.2 Å². The highest BCUT2D eigenvalue weighted by Crippen LogP contribution is 2.29. The molecule has 0 fully saturated rings. The molecule has 0 aliphatic carbocycles. The van der Waals surface area contributed by atoms with Crippen LogP contribution in [0.15, 0.2) is 75.7 Å². The Balaban J connectivity index is 1.36. The topological polar surface area (TPSA) is 102 Å². The van der Waals surface area contributed by atoms with Gasteiger partial charge in [-0.05, 0) is 23.8 Å². The van der Waals surface area contributed by atoms with Gasteiger partial charge in [0, 0.05) is 41.0 Å². The molecule has 0 unspecified atom stereocenters. The van der Waals surface area contributed by atoms with E-state index >= 15 is 0 Å². The van der Waals surface area contributed by atoms with Crippen LogP contribution in [0.1, 0.15) is 15.9 Å². The van der Waals surface area contributed by atoms with Crippen LogP contribution in [0.3, 0.4) is 0 Å². The SMILES string of the molecule is O=C(Nc1ccc(-c2cn3c(n2)SCC3)cc1)c1c[nH]c(=O)n(Cc2ccccc2Cl)c1=O. The molecule has 1 aliphatic rings. The van der Waals surface area contributed by atoms with Gasteiger partial charge in [-0.25, -0.2) is 9.78 Å². The molecule has 2 aromatic heterocycles. The molecule has 8 nitrogen and oxygen atoms in total. The zero-order valence-electron chi connectivity index (χ0n) is 17.2. The number of aromatic amines is 1. The van der Waals surface area contributed by atoms with Gasteiger partial charge in [-0.1, -0.05) is 53.7 Å². The number of H-pyrrole nitrogens is 1. The number of amides is 1. The summed E-state index contributed by atoms with van der Waals surface area (Å²) in [5.41, 5.74) is 1.44. The smallest absolute Gasteiger partial charge is 0.325 e. The number of imidazole rings is 1. The number of fused-ring (bicyclic) bond motifs is 1. The third-order valence-corrected chi connectivity index (χ3v) is 6.67. The second-order valence-corrected chi connectivity index (χ2v) is 8.94. The Morgan fingerprint density at radius 2 is 1.94 bits per heavy atom. The third-order valence-electron chi connectivity index (χ3n) is 5.33. The van der Waals surface area contributed by atoms with E-state index in [0.717, 1.165) is 39.5 Å². The van der Waals surface area contributed by atoms with Crippen LogP contribution in [0.2, 0.25) is 5.02 Å². The number of rotatable bonds is 5. The lowest BCUT2D eigenvalue weighted by molar-refractivity contribution is 0.102. The molecule has 0 bridgehead atoms. The summed E-state index contributed by atoms with van der Waals surface area (Å²) in [6.07, 6.45) is 3.15. The van der Waals surface area contributed by atoms with E-state index in [1.54, 1.807) is 48.2 Å². The zero-order chi connectivity index (χ0) is 22.9. The summed E-state index contributed by atoms with van der Waals surface area (Å²) in [4.78, 5) is 45.0. The number of hydrogen-bond donors (Lipinski definition) is 2.